The van der Waals surface area contributed by atoms with E-state index in [1.54, 1.807) is 0 Å². The lowest BCUT2D eigenvalue weighted by atomic mass is 9.84. The molecule has 0 aromatic heterocycles. The Labute approximate surface area is 94.1 Å². The summed E-state index contributed by atoms with van der Waals surface area (Å²) >= 11 is 3.49. The molecule has 0 amide bonds. The van der Waals surface area contributed by atoms with Gasteiger partial charge in [0.15, 0.2) is 0 Å². The summed E-state index contributed by atoms with van der Waals surface area (Å²) in [6.07, 6.45) is 5.93. The summed E-state index contributed by atoms with van der Waals surface area (Å²) < 4.78 is 0. The van der Waals surface area contributed by atoms with Gasteiger partial charge in [-0.2, -0.15) is 0 Å². The Morgan fingerprint density at radius 1 is 1.21 bits per heavy atom. The van der Waals surface area contributed by atoms with E-state index in [4.69, 9.17) is 0 Å². The number of alkyl halides is 1. The zero-order valence-corrected chi connectivity index (χ0v) is 9.99. The van der Waals surface area contributed by atoms with Gasteiger partial charge in [-0.1, -0.05) is 41.3 Å². The third kappa shape index (κ3) is 3.07. The molecule has 0 heterocycles. The maximum atomic E-state index is 9.77. The van der Waals surface area contributed by atoms with Crippen LogP contribution in [0.4, 0.5) is 0 Å². The van der Waals surface area contributed by atoms with Crippen molar-refractivity contribution in [3.63, 3.8) is 0 Å². The minimum atomic E-state index is -0.818. The van der Waals surface area contributed by atoms with Gasteiger partial charge >= 0.3 is 0 Å². The van der Waals surface area contributed by atoms with Gasteiger partial charge in [-0.05, 0) is 18.8 Å². The number of rotatable bonds is 4. The number of halogens is 1. The Balaban J connectivity index is 2.45. The van der Waals surface area contributed by atoms with E-state index in [2.05, 4.69) is 22.5 Å². The number of aliphatic hydroxyl groups is 2. The molecule has 1 aliphatic carbocycles. The van der Waals surface area contributed by atoms with Gasteiger partial charge in [0, 0.05) is 4.83 Å². The zero-order valence-electron chi connectivity index (χ0n) is 8.40. The fraction of sp³-hybridized carbons (Fsp3) is 0.818. The van der Waals surface area contributed by atoms with Crippen LogP contribution in [0.2, 0.25) is 0 Å². The highest BCUT2D eigenvalue weighted by Crippen LogP contribution is 2.32. The Morgan fingerprint density at radius 3 is 2.29 bits per heavy atom. The van der Waals surface area contributed by atoms with Crippen LogP contribution >= 0.6 is 15.9 Å². The summed E-state index contributed by atoms with van der Waals surface area (Å²) in [5.41, 5.74) is 0. The SMILES string of the molecule is C=C[C@H](O)[C@@H](O)[C@@H](Br)C1CCCCC1. The fourth-order valence-electron chi connectivity index (χ4n) is 2.06. The molecule has 0 aliphatic heterocycles. The van der Waals surface area contributed by atoms with E-state index < -0.39 is 12.2 Å². The minimum Gasteiger partial charge on any atom is -0.389 e. The van der Waals surface area contributed by atoms with Crippen molar-refractivity contribution >= 4 is 15.9 Å². The summed E-state index contributed by atoms with van der Waals surface area (Å²) in [6, 6.07) is 0. The zero-order chi connectivity index (χ0) is 10.6. The van der Waals surface area contributed by atoms with E-state index in [9.17, 15) is 10.2 Å². The van der Waals surface area contributed by atoms with Crippen molar-refractivity contribution < 1.29 is 10.2 Å². The molecule has 0 bridgehead atoms. The molecule has 0 spiro atoms. The lowest BCUT2D eigenvalue weighted by Gasteiger charge is -2.30. The first kappa shape index (κ1) is 12.2. The fourth-order valence-corrected chi connectivity index (χ4v) is 2.90. The molecule has 82 valence electrons. The van der Waals surface area contributed by atoms with E-state index in [1.165, 1.54) is 25.3 Å². The second kappa shape index (κ2) is 5.89. The van der Waals surface area contributed by atoms with Crippen LogP contribution in [-0.4, -0.2) is 27.2 Å². The molecule has 1 saturated carbocycles. The predicted molar refractivity (Wildman–Crippen MR) is 61.5 cm³/mol. The lowest BCUT2D eigenvalue weighted by Crippen LogP contribution is -2.37. The molecule has 0 aromatic carbocycles. The summed E-state index contributed by atoms with van der Waals surface area (Å²) in [4.78, 5) is -0.00389. The van der Waals surface area contributed by atoms with Gasteiger partial charge in [-0.15, -0.1) is 6.58 Å². The summed E-state index contributed by atoms with van der Waals surface area (Å²) in [6.45, 7) is 3.48. The maximum absolute atomic E-state index is 9.77. The van der Waals surface area contributed by atoms with Crippen molar-refractivity contribution in [2.45, 2.75) is 49.1 Å². The highest BCUT2D eigenvalue weighted by atomic mass is 79.9. The molecule has 0 saturated heterocycles. The maximum Gasteiger partial charge on any atom is 0.0988 e. The van der Waals surface area contributed by atoms with E-state index in [-0.39, 0.29) is 4.83 Å². The van der Waals surface area contributed by atoms with Crippen LogP contribution in [0.5, 0.6) is 0 Å². The molecule has 1 rings (SSSR count). The monoisotopic (exact) mass is 262 g/mol. The van der Waals surface area contributed by atoms with Crippen LogP contribution in [0, 0.1) is 5.92 Å². The second-order valence-electron chi connectivity index (χ2n) is 4.06. The Kier molecular flexibility index (Phi) is 5.13. The van der Waals surface area contributed by atoms with Gasteiger partial charge in [0.05, 0.1) is 12.2 Å². The van der Waals surface area contributed by atoms with Gasteiger partial charge in [0.1, 0.15) is 0 Å². The molecular formula is C11H19BrO2. The predicted octanol–water partition coefficient (Wildman–Crippen LogP) is 2.24. The van der Waals surface area contributed by atoms with E-state index in [0.717, 1.165) is 12.8 Å². The molecule has 1 aliphatic rings. The first-order valence-electron chi connectivity index (χ1n) is 5.29. The summed E-state index contributed by atoms with van der Waals surface area (Å²) in [5, 5.41) is 19.2. The van der Waals surface area contributed by atoms with E-state index in [0.29, 0.717) is 5.92 Å². The first-order valence-corrected chi connectivity index (χ1v) is 6.21. The first-order chi connectivity index (χ1) is 6.66. The lowest BCUT2D eigenvalue weighted by molar-refractivity contribution is 0.0348. The van der Waals surface area contributed by atoms with E-state index in [1.807, 2.05) is 0 Å². The summed E-state index contributed by atoms with van der Waals surface area (Å²) in [7, 11) is 0. The quantitative estimate of drug-likeness (QED) is 0.603. The van der Waals surface area contributed by atoms with Crippen LogP contribution in [0.25, 0.3) is 0 Å². The molecule has 0 unspecified atom stereocenters. The van der Waals surface area contributed by atoms with Gasteiger partial charge in [-0.25, -0.2) is 0 Å². The van der Waals surface area contributed by atoms with Crippen molar-refractivity contribution in [2.75, 3.05) is 0 Å². The smallest absolute Gasteiger partial charge is 0.0988 e. The minimum absolute atomic E-state index is 0.00389. The van der Waals surface area contributed by atoms with Gasteiger partial charge in [0.2, 0.25) is 0 Å². The highest BCUT2D eigenvalue weighted by Gasteiger charge is 2.30. The Bertz CT molecular complexity index is 178. The van der Waals surface area contributed by atoms with Crippen molar-refractivity contribution in [1.29, 1.82) is 0 Å². The molecular weight excluding hydrogens is 244 g/mol. The van der Waals surface area contributed by atoms with Crippen molar-refractivity contribution in [3.05, 3.63) is 12.7 Å². The van der Waals surface area contributed by atoms with Crippen molar-refractivity contribution in [1.82, 2.24) is 0 Å². The molecule has 1 fully saturated rings. The third-order valence-electron chi connectivity index (χ3n) is 3.02. The van der Waals surface area contributed by atoms with Crippen LogP contribution in [-0.2, 0) is 0 Å². The van der Waals surface area contributed by atoms with Crippen LogP contribution in [0.15, 0.2) is 12.7 Å². The van der Waals surface area contributed by atoms with E-state index >= 15 is 0 Å². The molecule has 0 aromatic rings. The Morgan fingerprint density at radius 2 is 1.79 bits per heavy atom. The van der Waals surface area contributed by atoms with Crippen LogP contribution in [0.1, 0.15) is 32.1 Å². The molecule has 0 radical (unpaired) electrons. The average Bonchev–Trinajstić information content (AvgIpc) is 2.27. The standard InChI is InChI=1S/C11H19BrO2/c1-2-9(13)11(14)10(12)8-6-4-3-5-7-8/h2,8-11,13-14H,1,3-7H2/t9-,10-,11+/m0/s1. The largest absolute Gasteiger partial charge is 0.389 e. The second-order valence-corrected chi connectivity index (χ2v) is 5.12. The number of hydrogen-bond donors (Lipinski definition) is 2. The Hall–Kier alpha value is 0.140. The molecule has 2 nitrogen and oxygen atoms in total. The molecule has 2 N–H and O–H groups in total. The van der Waals surface area contributed by atoms with Crippen LogP contribution < -0.4 is 0 Å². The average molecular weight is 263 g/mol. The highest BCUT2D eigenvalue weighted by molar-refractivity contribution is 9.09. The topological polar surface area (TPSA) is 40.5 Å². The summed E-state index contributed by atoms with van der Waals surface area (Å²) in [5.74, 6) is 0.494. The third-order valence-corrected chi connectivity index (χ3v) is 4.31. The van der Waals surface area contributed by atoms with Gasteiger partial charge < -0.3 is 10.2 Å². The van der Waals surface area contributed by atoms with Crippen LogP contribution in [0.3, 0.4) is 0 Å². The number of aliphatic hydroxyl groups excluding tert-OH is 2. The number of hydrogen-bond acceptors (Lipinski definition) is 2. The molecule has 3 heteroatoms. The van der Waals surface area contributed by atoms with Crippen molar-refractivity contribution in [2.24, 2.45) is 5.92 Å². The molecule has 3 atom stereocenters. The van der Waals surface area contributed by atoms with Gasteiger partial charge in [-0.3, -0.25) is 0 Å². The normalized spacial score (nSPS) is 25.4. The van der Waals surface area contributed by atoms with Crippen molar-refractivity contribution in [3.8, 4) is 0 Å². The molecule has 14 heavy (non-hydrogen) atoms. The van der Waals surface area contributed by atoms with Gasteiger partial charge in [0.25, 0.3) is 0 Å².